The molecule has 5 nitrogen and oxygen atoms in total. The summed E-state index contributed by atoms with van der Waals surface area (Å²) < 4.78 is 0. The lowest BCUT2D eigenvalue weighted by atomic mass is 9.93. The minimum Gasteiger partial charge on any atom is -0.355 e. The summed E-state index contributed by atoms with van der Waals surface area (Å²) in [4.78, 5) is 23.7. The SMILES string of the molecule is Cc1cnc(C)c(N2CCC[C@H](CCC(=O)NCc3ccccc3Cl)C2)n1. The number of rotatable bonds is 6. The van der Waals surface area contributed by atoms with Crippen LogP contribution in [0.1, 0.15) is 42.6 Å². The van der Waals surface area contributed by atoms with Crippen molar-refractivity contribution in [2.24, 2.45) is 5.92 Å². The fourth-order valence-electron chi connectivity index (χ4n) is 3.58. The molecule has 1 fully saturated rings. The van der Waals surface area contributed by atoms with Crippen molar-refractivity contribution in [3.8, 4) is 0 Å². The molecule has 2 heterocycles. The average Bonchev–Trinajstić information content (AvgIpc) is 2.68. The number of hydrogen-bond donors (Lipinski definition) is 1. The zero-order valence-electron chi connectivity index (χ0n) is 16.0. The van der Waals surface area contributed by atoms with Crippen molar-refractivity contribution in [2.75, 3.05) is 18.0 Å². The van der Waals surface area contributed by atoms with E-state index in [0.29, 0.717) is 23.9 Å². The molecule has 1 aliphatic rings. The number of nitrogens with zero attached hydrogens (tertiary/aromatic N) is 3. The number of piperidine rings is 1. The van der Waals surface area contributed by atoms with Crippen LogP contribution < -0.4 is 10.2 Å². The number of amides is 1. The molecule has 6 heteroatoms. The highest BCUT2D eigenvalue weighted by Gasteiger charge is 2.23. The maximum atomic E-state index is 12.2. The van der Waals surface area contributed by atoms with Gasteiger partial charge in [0.25, 0.3) is 0 Å². The number of nitrogens with one attached hydrogen (secondary N) is 1. The Hall–Kier alpha value is -2.14. The van der Waals surface area contributed by atoms with E-state index >= 15 is 0 Å². The predicted octanol–water partition coefficient (Wildman–Crippen LogP) is 4.06. The third-order valence-corrected chi connectivity index (χ3v) is 5.45. The number of benzene rings is 1. The molecule has 27 heavy (non-hydrogen) atoms. The van der Waals surface area contributed by atoms with Gasteiger partial charge in [0, 0.05) is 37.3 Å². The quantitative estimate of drug-likeness (QED) is 0.813. The highest BCUT2D eigenvalue weighted by Crippen LogP contribution is 2.26. The minimum atomic E-state index is 0.0820. The van der Waals surface area contributed by atoms with E-state index in [4.69, 9.17) is 11.6 Å². The third-order valence-electron chi connectivity index (χ3n) is 5.08. The number of carbonyl (C=O) groups excluding carboxylic acids is 1. The lowest BCUT2D eigenvalue weighted by Crippen LogP contribution is -2.37. The van der Waals surface area contributed by atoms with Crippen molar-refractivity contribution in [3.05, 3.63) is 52.4 Å². The summed E-state index contributed by atoms with van der Waals surface area (Å²) >= 11 is 6.14. The van der Waals surface area contributed by atoms with Crippen LogP contribution in [0.2, 0.25) is 5.02 Å². The van der Waals surface area contributed by atoms with Gasteiger partial charge in [0.2, 0.25) is 5.91 Å². The summed E-state index contributed by atoms with van der Waals surface area (Å²) in [6.45, 7) is 6.41. The Kier molecular flexibility index (Phi) is 6.67. The molecule has 0 radical (unpaired) electrons. The molecule has 1 N–H and O–H groups in total. The van der Waals surface area contributed by atoms with Crippen LogP contribution in [0.3, 0.4) is 0 Å². The van der Waals surface area contributed by atoms with Gasteiger partial charge in [0.15, 0.2) is 0 Å². The second kappa shape index (κ2) is 9.18. The Morgan fingerprint density at radius 3 is 2.96 bits per heavy atom. The molecular formula is C21H27ClN4O. The fourth-order valence-corrected chi connectivity index (χ4v) is 3.78. The van der Waals surface area contributed by atoms with Crippen molar-refractivity contribution in [2.45, 2.75) is 46.1 Å². The maximum absolute atomic E-state index is 12.2. The molecule has 1 amide bonds. The summed E-state index contributed by atoms with van der Waals surface area (Å²) in [7, 11) is 0. The van der Waals surface area contributed by atoms with Gasteiger partial charge in [0.05, 0.1) is 11.4 Å². The number of anilines is 1. The highest BCUT2D eigenvalue weighted by atomic mass is 35.5. The first-order valence-corrected chi connectivity index (χ1v) is 9.96. The number of aromatic nitrogens is 2. The minimum absolute atomic E-state index is 0.0820. The fraction of sp³-hybridized carbons (Fsp3) is 0.476. The molecule has 2 aromatic rings. The van der Waals surface area contributed by atoms with Gasteiger partial charge in [-0.15, -0.1) is 0 Å². The molecule has 0 saturated carbocycles. The molecule has 3 rings (SSSR count). The van der Waals surface area contributed by atoms with Gasteiger partial charge < -0.3 is 10.2 Å². The topological polar surface area (TPSA) is 58.1 Å². The van der Waals surface area contributed by atoms with Crippen LogP contribution in [-0.2, 0) is 11.3 Å². The van der Waals surface area contributed by atoms with Crippen molar-refractivity contribution in [1.29, 1.82) is 0 Å². The largest absolute Gasteiger partial charge is 0.355 e. The first-order valence-electron chi connectivity index (χ1n) is 9.58. The zero-order chi connectivity index (χ0) is 19.2. The first-order chi connectivity index (χ1) is 13.0. The van der Waals surface area contributed by atoms with E-state index in [9.17, 15) is 4.79 Å². The van der Waals surface area contributed by atoms with Crippen molar-refractivity contribution in [1.82, 2.24) is 15.3 Å². The molecule has 144 valence electrons. The number of carbonyl (C=O) groups is 1. The van der Waals surface area contributed by atoms with Crippen molar-refractivity contribution >= 4 is 23.3 Å². The maximum Gasteiger partial charge on any atom is 0.220 e. The van der Waals surface area contributed by atoms with Gasteiger partial charge in [-0.25, -0.2) is 4.98 Å². The molecule has 0 unspecified atom stereocenters. The monoisotopic (exact) mass is 386 g/mol. The van der Waals surface area contributed by atoms with Gasteiger partial charge in [-0.2, -0.15) is 0 Å². The van der Waals surface area contributed by atoms with Gasteiger partial charge in [-0.3, -0.25) is 9.78 Å². The normalized spacial score (nSPS) is 17.0. The van der Waals surface area contributed by atoms with E-state index < -0.39 is 0 Å². The summed E-state index contributed by atoms with van der Waals surface area (Å²) in [6, 6.07) is 7.60. The van der Waals surface area contributed by atoms with Crippen molar-refractivity contribution < 1.29 is 4.79 Å². The average molecular weight is 387 g/mol. The molecule has 1 aromatic carbocycles. The predicted molar refractivity (Wildman–Crippen MR) is 109 cm³/mol. The highest BCUT2D eigenvalue weighted by molar-refractivity contribution is 6.31. The lowest BCUT2D eigenvalue weighted by molar-refractivity contribution is -0.121. The van der Waals surface area contributed by atoms with Gasteiger partial charge in [0.1, 0.15) is 5.82 Å². The van der Waals surface area contributed by atoms with Crippen LogP contribution in [0.25, 0.3) is 0 Å². The summed E-state index contributed by atoms with van der Waals surface area (Å²) in [5.74, 6) is 1.58. The van der Waals surface area contributed by atoms with Crippen LogP contribution in [-0.4, -0.2) is 29.0 Å². The zero-order valence-corrected chi connectivity index (χ0v) is 16.8. The first kappa shape index (κ1) is 19.6. The van der Waals surface area contributed by atoms with E-state index in [1.54, 1.807) is 0 Å². The van der Waals surface area contributed by atoms with Gasteiger partial charge >= 0.3 is 0 Å². The third kappa shape index (κ3) is 5.42. The van der Waals surface area contributed by atoms with Gasteiger partial charge in [-0.05, 0) is 50.7 Å². The summed E-state index contributed by atoms with van der Waals surface area (Å²) in [6.07, 6.45) is 5.53. The second-order valence-electron chi connectivity index (χ2n) is 7.28. The van der Waals surface area contributed by atoms with E-state index in [0.717, 1.165) is 55.1 Å². The lowest BCUT2D eigenvalue weighted by Gasteiger charge is -2.34. The Morgan fingerprint density at radius 1 is 1.33 bits per heavy atom. The smallest absolute Gasteiger partial charge is 0.220 e. The molecule has 0 spiro atoms. The van der Waals surface area contributed by atoms with Gasteiger partial charge in [-0.1, -0.05) is 29.8 Å². The van der Waals surface area contributed by atoms with E-state index in [1.165, 1.54) is 0 Å². The summed E-state index contributed by atoms with van der Waals surface area (Å²) in [5, 5.41) is 3.67. The van der Waals surface area contributed by atoms with Crippen LogP contribution in [0.4, 0.5) is 5.82 Å². The van der Waals surface area contributed by atoms with Crippen LogP contribution >= 0.6 is 11.6 Å². The standard InChI is InChI=1S/C21H27ClN4O/c1-15-12-23-16(2)21(25-15)26-11-5-6-17(14-26)9-10-20(27)24-13-18-7-3-4-8-19(18)22/h3-4,7-8,12,17H,5-6,9-11,13-14H2,1-2H3,(H,24,27)/t17-/m1/s1. The van der Waals surface area contributed by atoms with Crippen LogP contribution in [0.15, 0.2) is 30.5 Å². The van der Waals surface area contributed by atoms with E-state index in [1.807, 2.05) is 44.3 Å². The molecular weight excluding hydrogens is 360 g/mol. The molecule has 1 aliphatic heterocycles. The molecule has 0 bridgehead atoms. The van der Waals surface area contributed by atoms with Crippen LogP contribution in [0, 0.1) is 19.8 Å². The number of aryl methyl sites for hydroxylation is 2. The molecule has 0 aliphatic carbocycles. The Morgan fingerprint density at radius 2 is 2.15 bits per heavy atom. The molecule has 1 atom stereocenters. The summed E-state index contributed by atoms with van der Waals surface area (Å²) in [5.41, 5.74) is 2.86. The Balaban J connectivity index is 1.48. The van der Waals surface area contributed by atoms with E-state index in [-0.39, 0.29) is 5.91 Å². The Bertz CT molecular complexity index is 796. The number of halogens is 1. The molecule has 1 saturated heterocycles. The number of hydrogen-bond acceptors (Lipinski definition) is 4. The van der Waals surface area contributed by atoms with Crippen LogP contribution in [0.5, 0.6) is 0 Å². The van der Waals surface area contributed by atoms with Crippen molar-refractivity contribution in [3.63, 3.8) is 0 Å². The Labute approximate surface area is 166 Å². The second-order valence-corrected chi connectivity index (χ2v) is 7.69. The molecule has 1 aromatic heterocycles. The van der Waals surface area contributed by atoms with E-state index in [2.05, 4.69) is 20.2 Å².